The zero-order chi connectivity index (χ0) is 23.8. The van der Waals surface area contributed by atoms with Crippen molar-refractivity contribution >= 4 is 34.8 Å². The fourth-order valence-corrected chi connectivity index (χ4v) is 3.88. The highest BCUT2D eigenvalue weighted by Gasteiger charge is 2.35. The number of ether oxygens (including phenoxy) is 2. The molecule has 0 spiro atoms. The number of carbonyl (C=O) groups is 1. The highest BCUT2D eigenvalue weighted by Crippen LogP contribution is 2.38. The third-order valence-electron chi connectivity index (χ3n) is 5.51. The Balaban J connectivity index is 1.71. The Kier molecular flexibility index (Phi) is 6.02. The molecule has 0 bridgehead atoms. The molecule has 1 aliphatic rings. The molecule has 33 heavy (non-hydrogen) atoms. The van der Waals surface area contributed by atoms with Crippen molar-refractivity contribution in [3.05, 3.63) is 35.7 Å². The Morgan fingerprint density at radius 1 is 1.33 bits per heavy atom. The maximum Gasteiger partial charge on any atom is 0.421 e. The van der Waals surface area contributed by atoms with Crippen molar-refractivity contribution in [2.45, 2.75) is 12.3 Å². The lowest BCUT2D eigenvalue weighted by Crippen LogP contribution is -2.37. The van der Waals surface area contributed by atoms with E-state index in [0.717, 1.165) is 29.1 Å². The van der Waals surface area contributed by atoms with Crippen LogP contribution in [0.15, 0.2) is 24.5 Å². The van der Waals surface area contributed by atoms with E-state index in [0.29, 0.717) is 31.1 Å². The number of hydrogen-bond donors (Lipinski definition) is 2. The average molecular weight is 464 g/mol. The molecule has 12 heteroatoms. The molecular weight excluding hydrogens is 441 g/mol. The first-order valence-electron chi connectivity index (χ1n) is 10.1. The molecule has 1 aliphatic heterocycles. The van der Waals surface area contributed by atoms with Crippen molar-refractivity contribution in [3.63, 3.8) is 0 Å². The summed E-state index contributed by atoms with van der Waals surface area (Å²) in [4.78, 5) is 20.6. The van der Waals surface area contributed by atoms with Gasteiger partial charge in [0.05, 0.1) is 31.5 Å². The number of hydrogen-bond acceptors (Lipinski definition) is 7. The van der Waals surface area contributed by atoms with Gasteiger partial charge in [-0.3, -0.25) is 4.79 Å². The van der Waals surface area contributed by atoms with Crippen molar-refractivity contribution in [2.24, 2.45) is 7.05 Å². The van der Waals surface area contributed by atoms with Crippen LogP contribution in [0.1, 0.15) is 17.2 Å². The number of benzene rings is 1. The normalized spacial score (nSPS) is 16.7. The number of anilines is 3. The van der Waals surface area contributed by atoms with Gasteiger partial charge in [-0.2, -0.15) is 18.2 Å². The molecule has 2 aromatic heterocycles. The third kappa shape index (κ3) is 4.38. The van der Waals surface area contributed by atoms with E-state index in [1.807, 2.05) is 23.9 Å². The van der Waals surface area contributed by atoms with E-state index in [1.165, 1.54) is 14.2 Å². The summed E-state index contributed by atoms with van der Waals surface area (Å²) in [6.45, 7) is 1.43. The zero-order valence-corrected chi connectivity index (χ0v) is 18.2. The maximum atomic E-state index is 13.1. The highest BCUT2D eigenvalue weighted by atomic mass is 19.4. The number of methoxy groups -OCH3 is 1. The van der Waals surface area contributed by atoms with Crippen LogP contribution >= 0.6 is 0 Å². The van der Waals surface area contributed by atoms with Gasteiger partial charge in [-0.15, -0.1) is 0 Å². The number of aromatic nitrogens is 3. The molecule has 1 saturated heterocycles. The molecule has 0 saturated carbocycles. The lowest BCUT2D eigenvalue weighted by molar-refractivity contribution is -0.137. The molecule has 4 rings (SSSR count). The Morgan fingerprint density at radius 3 is 2.79 bits per heavy atom. The lowest BCUT2D eigenvalue weighted by Gasteiger charge is -2.30. The van der Waals surface area contributed by atoms with E-state index in [9.17, 15) is 18.0 Å². The van der Waals surface area contributed by atoms with Gasteiger partial charge in [0.15, 0.2) is 0 Å². The predicted octanol–water partition coefficient (Wildman–Crippen LogP) is 3.31. The number of nitrogens with one attached hydrogen (secondary N) is 2. The molecular formula is C21H23F3N6O3. The Bertz CT molecular complexity index is 1180. The van der Waals surface area contributed by atoms with E-state index in [4.69, 9.17) is 9.47 Å². The molecule has 1 aromatic carbocycles. The number of nitrogens with zero attached hydrogens (tertiary/aromatic N) is 4. The van der Waals surface area contributed by atoms with Crippen LogP contribution < -0.4 is 15.4 Å². The van der Waals surface area contributed by atoms with Crippen LogP contribution in [0.5, 0.6) is 5.75 Å². The number of morpholine rings is 1. The Morgan fingerprint density at radius 2 is 2.12 bits per heavy atom. The van der Waals surface area contributed by atoms with Crippen molar-refractivity contribution in [1.29, 1.82) is 0 Å². The lowest BCUT2D eigenvalue weighted by atomic mass is 10.1. The van der Waals surface area contributed by atoms with Gasteiger partial charge in [0.2, 0.25) is 12.4 Å². The van der Waals surface area contributed by atoms with E-state index in [-0.39, 0.29) is 17.9 Å². The molecule has 1 atom stereocenters. The minimum atomic E-state index is -4.58. The first-order valence-corrected chi connectivity index (χ1v) is 10.1. The fourth-order valence-electron chi connectivity index (χ4n) is 3.88. The largest absolute Gasteiger partial charge is 0.495 e. The summed E-state index contributed by atoms with van der Waals surface area (Å²) in [5.41, 5.74) is 1.27. The molecule has 0 aliphatic carbocycles. The fraction of sp³-hybridized carbons (Fsp3) is 0.381. The second kappa shape index (κ2) is 8.77. The van der Waals surface area contributed by atoms with Crippen LogP contribution in [-0.2, 0) is 22.8 Å². The van der Waals surface area contributed by atoms with Crippen LogP contribution in [0.25, 0.3) is 10.9 Å². The van der Waals surface area contributed by atoms with Gasteiger partial charge in [-0.25, -0.2) is 4.98 Å². The van der Waals surface area contributed by atoms with E-state index in [2.05, 4.69) is 20.6 Å². The maximum absolute atomic E-state index is 13.1. The summed E-state index contributed by atoms with van der Waals surface area (Å²) in [6.07, 6.45) is -1.39. The number of aryl methyl sites for hydroxylation is 1. The van der Waals surface area contributed by atoms with Crippen molar-refractivity contribution in [2.75, 3.05) is 44.5 Å². The smallest absolute Gasteiger partial charge is 0.421 e. The number of amides is 1. The monoisotopic (exact) mass is 464 g/mol. The molecule has 1 unspecified atom stereocenters. The SMILES string of the molecule is CNc1nc(Nc2cc3c(cc2OC)c(C2CN(C=O)CCO2)cn3C)ncc1C(F)(F)F. The number of alkyl halides is 3. The third-order valence-corrected chi connectivity index (χ3v) is 5.51. The van der Waals surface area contributed by atoms with Gasteiger partial charge in [0.25, 0.3) is 0 Å². The molecule has 1 fully saturated rings. The summed E-state index contributed by atoms with van der Waals surface area (Å²) >= 11 is 0. The summed E-state index contributed by atoms with van der Waals surface area (Å²) in [6, 6.07) is 3.62. The molecule has 176 valence electrons. The first-order chi connectivity index (χ1) is 15.7. The summed E-state index contributed by atoms with van der Waals surface area (Å²) in [7, 11) is 4.72. The van der Waals surface area contributed by atoms with Crippen molar-refractivity contribution in [1.82, 2.24) is 19.4 Å². The second-order valence-electron chi connectivity index (χ2n) is 7.55. The number of rotatable bonds is 6. The van der Waals surface area contributed by atoms with Crippen LogP contribution in [0.4, 0.5) is 30.6 Å². The van der Waals surface area contributed by atoms with Gasteiger partial charge in [0, 0.05) is 44.0 Å². The standard InChI is InChI=1S/C21H23F3N6O3/c1-25-19-14(21(22,23)24)8-26-20(28-19)27-15-7-16-12(6-17(15)32-3)13(9-29(16)2)18-10-30(11-31)4-5-33-18/h6-9,11,18H,4-5,10H2,1-3H3,(H2,25,26,27,28). The van der Waals surface area contributed by atoms with Gasteiger partial charge < -0.3 is 29.6 Å². The van der Waals surface area contributed by atoms with E-state index >= 15 is 0 Å². The van der Waals surface area contributed by atoms with Crippen LogP contribution in [0.2, 0.25) is 0 Å². The molecule has 9 nitrogen and oxygen atoms in total. The molecule has 2 N–H and O–H groups in total. The molecule has 1 amide bonds. The number of fused-ring (bicyclic) bond motifs is 1. The van der Waals surface area contributed by atoms with E-state index in [1.54, 1.807) is 11.0 Å². The van der Waals surface area contributed by atoms with Crippen molar-refractivity contribution < 1.29 is 27.4 Å². The first kappa shape index (κ1) is 22.6. The van der Waals surface area contributed by atoms with Gasteiger partial charge in [-0.05, 0) is 12.1 Å². The van der Waals surface area contributed by atoms with Gasteiger partial charge >= 0.3 is 6.18 Å². The van der Waals surface area contributed by atoms with Crippen molar-refractivity contribution in [3.8, 4) is 5.75 Å². The highest BCUT2D eigenvalue weighted by molar-refractivity contribution is 5.91. The topological polar surface area (TPSA) is 93.5 Å². The zero-order valence-electron chi connectivity index (χ0n) is 18.2. The molecule has 3 aromatic rings. The predicted molar refractivity (Wildman–Crippen MR) is 116 cm³/mol. The summed E-state index contributed by atoms with van der Waals surface area (Å²) in [5.74, 6) is 0.0968. The minimum Gasteiger partial charge on any atom is -0.495 e. The van der Waals surface area contributed by atoms with Crippen LogP contribution in [-0.4, -0.2) is 59.7 Å². The quantitative estimate of drug-likeness (QED) is 0.541. The Hall–Kier alpha value is -3.54. The van der Waals surface area contributed by atoms with E-state index < -0.39 is 11.7 Å². The van der Waals surface area contributed by atoms with Gasteiger partial charge in [0.1, 0.15) is 23.2 Å². The number of carbonyl (C=O) groups excluding carboxylic acids is 1. The average Bonchev–Trinajstić information content (AvgIpc) is 3.13. The van der Waals surface area contributed by atoms with Crippen LogP contribution in [0.3, 0.4) is 0 Å². The molecule has 0 radical (unpaired) electrons. The van der Waals surface area contributed by atoms with Gasteiger partial charge in [-0.1, -0.05) is 0 Å². The second-order valence-corrected chi connectivity index (χ2v) is 7.55. The summed E-state index contributed by atoms with van der Waals surface area (Å²) in [5, 5.41) is 6.28. The molecule has 3 heterocycles. The van der Waals surface area contributed by atoms with Crippen LogP contribution in [0, 0.1) is 0 Å². The summed E-state index contributed by atoms with van der Waals surface area (Å²) < 4.78 is 52.7. The Labute approximate surface area is 187 Å². The number of halogens is 3. The minimum absolute atomic E-state index is 0.0170.